The molecule has 0 unspecified atom stereocenters. The van der Waals surface area contributed by atoms with Gasteiger partial charge >= 0.3 is 5.69 Å². The molecule has 1 fully saturated rings. The van der Waals surface area contributed by atoms with E-state index >= 15 is 0 Å². The molecule has 1 saturated heterocycles. The van der Waals surface area contributed by atoms with E-state index in [1.54, 1.807) is 5.01 Å². The van der Waals surface area contributed by atoms with E-state index in [4.69, 9.17) is 0 Å². The van der Waals surface area contributed by atoms with Crippen LogP contribution in [-0.4, -0.2) is 27.9 Å². The van der Waals surface area contributed by atoms with Crippen LogP contribution >= 0.6 is 0 Å². The lowest BCUT2D eigenvalue weighted by Gasteiger charge is -2.30. The van der Waals surface area contributed by atoms with Gasteiger partial charge in [0, 0.05) is 13.1 Å². The van der Waals surface area contributed by atoms with Gasteiger partial charge < -0.3 is 10.1 Å². The Kier molecular flexibility index (Phi) is 2.72. The van der Waals surface area contributed by atoms with Crippen LogP contribution < -0.4 is 16.3 Å². The van der Waals surface area contributed by atoms with Crippen molar-refractivity contribution in [2.45, 2.75) is 26.2 Å². The summed E-state index contributed by atoms with van der Waals surface area (Å²) in [4.78, 5) is 25.1. The summed E-state index contributed by atoms with van der Waals surface area (Å²) in [6.07, 6.45) is 3.11. The molecule has 0 aliphatic carbocycles. The molecule has 2 N–H and O–H groups in total. The highest BCUT2D eigenvalue weighted by Gasteiger charge is 2.17. The monoisotopic (exact) mass is 225 g/mol. The smallest absolute Gasteiger partial charge is 0.350 e. The summed E-state index contributed by atoms with van der Waals surface area (Å²) < 4.78 is 1.16. The molecule has 0 atom stereocenters. The Labute approximate surface area is 92.1 Å². The first-order valence-corrected chi connectivity index (χ1v) is 5.41. The fraction of sp³-hybridized carbons (Fsp3) is 0.600. The Morgan fingerprint density at radius 3 is 2.44 bits per heavy atom. The molecule has 0 radical (unpaired) electrons. The molecule has 0 aromatic carbocycles. The molecule has 1 aliphatic rings. The van der Waals surface area contributed by atoms with E-state index in [9.17, 15) is 14.7 Å². The first-order chi connectivity index (χ1) is 7.61. The van der Waals surface area contributed by atoms with Crippen molar-refractivity contribution < 1.29 is 5.11 Å². The van der Waals surface area contributed by atoms with Gasteiger partial charge in [0.05, 0.1) is 5.56 Å². The number of aromatic hydroxyl groups is 1. The fourth-order valence-electron chi connectivity index (χ4n) is 1.94. The van der Waals surface area contributed by atoms with E-state index < -0.39 is 11.2 Å². The number of aromatic amines is 1. The Balaban J connectivity index is 2.51. The molecule has 6 heteroatoms. The second-order valence-corrected chi connectivity index (χ2v) is 4.03. The number of nitrogens with zero attached hydrogens (tertiary/aromatic N) is 2. The van der Waals surface area contributed by atoms with Crippen LogP contribution in [0.25, 0.3) is 0 Å². The minimum Gasteiger partial charge on any atom is -0.493 e. The molecular formula is C10H15N3O3. The normalized spacial score (nSPS) is 16.4. The summed E-state index contributed by atoms with van der Waals surface area (Å²) in [5.41, 5.74) is -0.934. The summed E-state index contributed by atoms with van der Waals surface area (Å²) in [7, 11) is 0. The van der Waals surface area contributed by atoms with E-state index in [0.717, 1.165) is 37.0 Å². The molecule has 0 spiro atoms. The zero-order valence-corrected chi connectivity index (χ0v) is 9.19. The lowest BCUT2D eigenvalue weighted by atomic mass is 10.2. The van der Waals surface area contributed by atoms with Crippen LogP contribution in [0.5, 0.6) is 5.88 Å². The van der Waals surface area contributed by atoms with Gasteiger partial charge in [-0.15, -0.1) is 0 Å². The predicted molar refractivity (Wildman–Crippen MR) is 59.5 cm³/mol. The first-order valence-electron chi connectivity index (χ1n) is 5.41. The van der Waals surface area contributed by atoms with Crippen molar-refractivity contribution in [1.29, 1.82) is 0 Å². The number of rotatable bonds is 1. The summed E-state index contributed by atoms with van der Waals surface area (Å²) in [5, 5.41) is 11.6. The minimum atomic E-state index is -0.574. The predicted octanol–water partition coefficient (Wildman–Crippen LogP) is -0.327. The Hall–Kier alpha value is -1.72. The van der Waals surface area contributed by atoms with Gasteiger partial charge in [-0.3, -0.25) is 9.78 Å². The van der Waals surface area contributed by atoms with Gasteiger partial charge in [0.2, 0.25) is 5.88 Å². The van der Waals surface area contributed by atoms with Crippen LogP contribution in [0.4, 0.5) is 0 Å². The van der Waals surface area contributed by atoms with Crippen LogP contribution in [0.3, 0.4) is 0 Å². The third-order valence-corrected chi connectivity index (χ3v) is 2.90. The summed E-state index contributed by atoms with van der Waals surface area (Å²) in [5.74, 6) is -0.254. The fourth-order valence-corrected chi connectivity index (χ4v) is 1.94. The van der Waals surface area contributed by atoms with Crippen molar-refractivity contribution in [3.05, 3.63) is 26.4 Å². The van der Waals surface area contributed by atoms with Gasteiger partial charge in [-0.25, -0.2) is 4.79 Å². The Morgan fingerprint density at radius 1 is 1.19 bits per heavy atom. The lowest BCUT2D eigenvalue weighted by molar-refractivity contribution is 0.365. The topological polar surface area (TPSA) is 78.3 Å². The quantitative estimate of drug-likeness (QED) is 0.686. The molecule has 2 heterocycles. The summed E-state index contributed by atoms with van der Waals surface area (Å²) in [6, 6.07) is 0. The minimum absolute atomic E-state index is 0.171. The second kappa shape index (κ2) is 4.03. The number of nitrogens with one attached hydrogen (secondary N) is 1. The molecule has 0 amide bonds. The highest BCUT2D eigenvalue weighted by molar-refractivity contribution is 5.22. The highest BCUT2D eigenvalue weighted by atomic mass is 16.3. The van der Waals surface area contributed by atoms with Crippen molar-refractivity contribution in [3.8, 4) is 5.88 Å². The molecule has 6 nitrogen and oxygen atoms in total. The van der Waals surface area contributed by atoms with E-state index in [-0.39, 0.29) is 11.4 Å². The standard InChI is InChI=1S/C10H15N3O3/c1-7-8(14)11-10(16)13(9(7)15)12-5-3-2-4-6-12/h15H,2-6H2,1H3,(H,11,14,16). The van der Waals surface area contributed by atoms with Gasteiger partial charge in [0.1, 0.15) is 0 Å². The number of piperidine rings is 1. The Morgan fingerprint density at radius 2 is 1.81 bits per heavy atom. The third kappa shape index (κ3) is 1.70. The second-order valence-electron chi connectivity index (χ2n) is 4.03. The SMILES string of the molecule is Cc1c(O)n(N2CCCCC2)c(=O)[nH]c1=O. The number of aromatic nitrogens is 2. The average Bonchev–Trinajstić information content (AvgIpc) is 2.28. The molecule has 1 aromatic rings. The zero-order chi connectivity index (χ0) is 11.7. The van der Waals surface area contributed by atoms with Crippen LogP contribution in [0.1, 0.15) is 24.8 Å². The van der Waals surface area contributed by atoms with Crippen molar-refractivity contribution in [2.75, 3.05) is 18.1 Å². The molecule has 0 saturated carbocycles. The maximum atomic E-state index is 11.6. The van der Waals surface area contributed by atoms with Crippen LogP contribution in [0.15, 0.2) is 9.59 Å². The largest absolute Gasteiger partial charge is 0.493 e. The molecule has 1 aliphatic heterocycles. The van der Waals surface area contributed by atoms with Crippen LogP contribution in [-0.2, 0) is 0 Å². The van der Waals surface area contributed by atoms with Gasteiger partial charge in [0.25, 0.3) is 5.56 Å². The molecule has 16 heavy (non-hydrogen) atoms. The van der Waals surface area contributed by atoms with E-state index in [0.29, 0.717) is 0 Å². The summed E-state index contributed by atoms with van der Waals surface area (Å²) in [6.45, 7) is 2.94. The number of hydrogen-bond acceptors (Lipinski definition) is 4. The van der Waals surface area contributed by atoms with Crippen molar-refractivity contribution in [3.63, 3.8) is 0 Å². The first kappa shape index (κ1) is 10.8. The Bertz CT molecular complexity index is 497. The maximum Gasteiger partial charge on any atom is 0.350 e. The lowest BCUT2D eigenvalue weighted by Crippen LogP contribution is -2.48. The van der Waals surface area contributed by atoms with Crippen LogP contribution in [0, 0.1) is 6.92 Å². The highest BCUT2D eigenvalue weighted by Crippen LogP contribution is 2.13. The van der Waals surface area contributed by atoms with Crippen LogP contribution in [0.2, 0.25) is 0 Å². The molecule has 1 aromatic heterocycles. The number of hydrogen-bond donors (Lipinski definition) is 2. The van der Waals surface area contributed by atoms with E-state index in [2.05, 4.69) is 4.98 Å². The number of H-pyrrole nitrogens is 1. The average molecular weight is 225 g/mol. The third-order valence-electron chi connectivity index (χ3n) is 2.90. The molecule has 2 rings (SSSR count). The molecule has 88 valence electrons. The van der Waals surface area contributed by atoms with Crippen molar-refractivity contribution in [2.24, 2.45) is 0 Å². The zero-order valence-electron chi connectivity index (χ0n) is 9.19. The van der Waals surface area contributed by atoms with Gasteiger partial charge in [-0.05, 0) is 26.2 Å². The molecule has 0 bridgehead atoms. The van der Waals surface area contributed by atoms with Gasteiger partial charge in [-0.1, -0.05) is 0 Å². The van der Waals surface area contributed by atoms with E-state index in [1.807, 2.05) is 0 Å². The van der Waals surface area contributed by atoms with Crippen molar-refractivity contribution in [1.82, 2.24) is 9.66 Å². The maximum absolute atomic E-state index is 11.6. The summed E-state index contributed by atoms with van der Waals surface area (Å²) >= 11 is 0. The van der Waals surface area contributed by atoms with E-state index in [1.165, 1.54) is 6.92 Å². The van der Waals surface area contributed by atoms with Crippen molar-refractivity contribution >= 4 is 0 Å². The molecular weight excluding hydrogens is 210 g/mol. The van der Waals surface area contributed by atoms with Gasteiger partial charge in [-0.2, -0.15) is 4.68 Å². The van der Waals surface area contributed by atoms with Gasteiger partial charge in [0.15, 0.2) is 0 Å².